The van der Waals surface area contributed by atoms with Crippen LogP contribution in [0, 0.1) is 5.92 Å². The molecule has 0 aromatic heterocycles. The normalized spacial score (nSPS) is 27.6. The van der Waals surface area contributed by atoms with Crippen LogP contribution in [0.15, 0.2) is 42.5 Å². The van der Waals surface area contributed by atoms with Crippen LogP contribution < -0.4 is 0 Å². The molecular weight excluding hydrogens is 172 g/mol. The summed E-state index contributed by atoms with van der Waals surface area (Å²) in [4.78, 5) is 0. The molecule has 0 bridgehead atoms. The lowest BCUT2D eigenvalue weighted by molar-refractivity contribution is 0.0130. The van der Waals surface area contributed by atoms with Gasteiger partial charge in [0.2, 0.25) is 0 Å². The fourth-order valence-electron chi connectivity index (χ4n) is 1.76. The summed E-state index contributed by atoms with van der Waals surface area (Å²) in [6.07, 6.45) is 1.19. The molecule has 0 N–H and O–H groups in total. The van der Waals surface area contributed by atoms with Gasteiger partial charge in [-0.1, -0.05) is 49.4 Å². The molecule has 1 aromatic carbocycles. The van der Waals surface area contributed by atoms with Gasteiger partial charge in [-0.15, -0.1) is 0 Å². The van der Waals surface area contributed by atoms with E-state index in [1.807, 2.05) is 6.07 Å². The van der Waals surface area contributed by atoms with E-state index in [1.165, 1.54) is 11.1 Å². The molecule has 1 nitrogen and oxygen atoms in total. The van der Waals surface area contributed by atoms with E-state index in [0.29, 0.717) is 5.92 Å². The van der Waals surface area contributed by atoms with Crippen LogP contribution in [0.25, 0.3) is 0 Å². The third-order valence-electron chi connectivity index (χ3n) is 2.86. The summed E-state index contributed by atoms with van der Waals surface area (Å²) in [5.41, 5.74) is 2.57. The van der Waals surface area contributed by atoms with Gasteiger partial charge in [-0.05, 0) is 12.0 Å². The highest BCUT2D eigenvalue weighted by Gasteiger charge is 2.22. The van der Waals surface area contributed by atoms with E-state index in [9.17, 15) is 0 Å². The monoisotopic (exact) mass is 188 g/mol. The van der Waals surface area contributed by atoms with E-state index in [0.717, 1.165) is 13.0 Å². The maximum absolute atomic E-state index is 5.79. The van der Waals surface area contributed by atoms with E-state index >= 15 is 0 Å². The average Bonchev–Trinajstić information content (AvgIpc) is 2.23. The first-order chi connectivity index (χ1) is 6.77. The Morgan fingerprint density at radius 2 is 2.00 bits per heavy atom. The predicted molar refractivity (Wildman–Crippen MR) is 58.1 cm³/mol. The van der Waals surface area contributed by atoms with Crippen molar-refractivity contribution in [3.05, 3.63) is 48.0 Å². The molecule has 0 aliphatic carbocycles. The number of ether oxygens (including phenoxy) is 1. The van der Waals surface area contributed by atoms with Crippen molar-refractivity contribution < 1.29 is 4.74 Å². The second kappa shape index (κ2) is 3.97. The highest BCUT2D eigenvalue weighted by atomic mass is 16.5. The maximum atomic E-state index is 5.79. The maximum Gasteiger partial charge on any atom is 0.0862 e. The highest BCUT2D eigenvalue weighted by molar-refractivity contribution is 5.20. The Balaban J connectivity index is 2.11. The summed E-state index contributed by atoms with van der Waals surface area (Å²) in [6.45, 7) is 7.07. The third-order valence-corrected chi connectivity index (χ3v) is 2.86. The Morgan fingerprint density at radius 1 is 1.29 bits per heavy atom. The fourth-order valence-corrected chi connectivity index (χ4v) is 1.76. The molecule has 2 atom stereocenters. The lowest BCUT2D eigenvalue weighted by atomic mass is 9.92. The molecule has 1 heteroatoms. The van der Waals surface area contributed by atoms with Gasteiger partial charge in [0.15, 0.2) is 0 Å². The number of hydrogen-bond acceptors (Lipinski definition) is 1. The standard InChI is InChI=1S/C13H16O/c1-10-8-13(14-9-11(10)2)12-6-4-3-5-7-12/h3-7,11,13H,1,8-9H2,2H3. The van der Waals surface area contributed by atoms with E-state index in [4.69, 9.17) is 4.74 Å². The Morgan fingerprint density at radius 3 is 2.64 bits per heavy atom. The first-order valence-corrected chi connectivity index (χ1v) is 5.11. The Hall–Kier alpha value is -1.08. The molecule has 0 radical (unpaired) electrons. The van der Waals surface area contributed by atoms with E-state index in [1.54, 1.807) is 0 Å². The molecule has 0 saturated carbocycles. The van der Waals surface area contributed by atoms with E-state index in [-0.39, 0.29) is 6.10 Å². The summed E-state index contributed by atoms with van der Waals surface area (Å²) in [5.74, 6) is 0.509. The predicted octanol–water partition coefficient (Wildman–Crippen LogP) is 3.34. The summed E-state index contributed by atoms with van der Waals surface area (Å²) in [5, 5.41) is 0. The van der Waals surface area contributed by atoms with Crippen LogP contribution in [0.5, 0.6) is 0 Å². The minimum Gasteiger partial charge on any atom is -0.373 e. The van der Waals surface area contributed by atoms with Crippen LogP contribution >= 0.6 is 0 Å². The number of benzene rings is 1. The van der Waals surface area contributed by atoms with Gasteiger partial charge in [0.1, 0.15) is 0 Å². The summed E-state index contributed by atoms with van der Waals surface area (Å²) in [7, 11) is 0. The minimum absolute atomic E-state index is 0.222. The van der Waals surface area contributed by atoms with Crippen LogP contribution in [-0.2, 0) is 4.74 Å². The average molecular weight is 188 g/mol. The molecule has 1 fully saturated rings. The first-order valence-electron chi connectivity index (χ1n) is 5.11. The molecule has 1 heterocycles. The topological polar surface area (TPSA) is 9.23 Å². The minimum atomic E-state index is 0.222. The van der Waals surface area contributed by atoms with Gasteiger partial charge in [-0.25, -0.2) is 0 Å². The van der Waals surface area contributed by atoms with Crippen molar-refractivity contribution in [3.8, 4) is 0 Å². The van der Waals surface area contributed by atoms with E-state index < -0.39 is 0 Å². The lowest BCUT2D eigenvalue weighted by Gasteiger charge is -2.29. The molecule has 0 spiro atoms. The molecule has 1 saturated heterocycles. The van der Waals surface area contributed by atoms with E-state index in [2.05, 4.69) is 37.8 Å². The highest BCUT2D eigenvalue weighted by Crippen LogP contribution is 2.32. The molecule has 2 unspecified atom stereocenters. The van der Waals surface area contributed by atoms with Gasteiger partial charge in [0.05, 0.1) is 12.7 Å². The van der Waals surface area contributed by atoms with Crippen molar-refractivity contribution in [1.82, 2.24) is 0 Å². The van der Waals surface area contributed by atoms with Gasteiger partial charge in [-0.3, -0.25) is 0 Å². The summed E-state index contributed by atoms with van der Waals surface area (Å²) in [6, 6.07) is 10.4. The zero-order chi connectivity index (χ0) is 9.97. The molecule has 1 aliphatic rings. The van der Waals surface area contributed by atoms with Crippen molar-refractivity contribution in [3.63, 3.8) is 0 Å². The van der Waals surface area contributed by atoms with Gasteiger partial charge < -0.3 is 4.74 Å². The molecule has 14 heavy (non-hydrogen) atoms. The molecule has 1 aromatic rings. The van der Waals surface area contributed by atoms with Crippen molar-refractivity contribution in [2.24, 2.45) is 5.92 Å². The van der Waals surface area contributed by atoms with Crippen molar-refractivity contribution in [2.75, 3.05) is 6.61 Å². The zero-order valence-electron chi connectivity index (χ0n) is 8.57. The van der Waals surface area contributed by atoms with Gasteiger partial charge in [-0.2, -0.15) is 0 Å². The van der Waals surface area contributed by atoms with Crippen LogP contribution in [0.4, 0.5) is 0 Å². The first kappa shape index (κ1) is 9.47. The van der Waals surface area contributed by atoms with Crippen molar-refractivity contribution >= 4 is 0 Å². The lowest BCUT2D eigenvalue weighted by Crippen LogP contribution is -2.20. The molecule has 74 valence electrons. The second-order valence-electron chi connectivity index (χ2n) is 4.00. The Kier molecular flexibility index (Phi) is 2.69. The SMILES string of the molecule is C=C1CC(c2ccccc2)OCC1C. The van der Waals surface area contributed by atoms with Gasteiger partial charge in [0.25, 0.3) is 0 Å². The molecular formula is C13H16O. The second-order valence-corrected chi connectivity index (χ2v) is 4.00. The molecule has 2 rings (SSSR count). The Labute approximate surface area is 85.4 Å². The molecule has 0 amide bonds. The molecule has 1 aliphatic heterocycles. The van der Waals surface area contributed by atoms with Crippen molar-refractivity contribution in [2.45, 2.75) is 19.4 Å². The quantitative estimate of drug-likeness (QED) is 0.614. The summed E-state index contributed by atoms with van der Waals surface area (Å²) < 4.78 is 5.79. The number of rotatable bonds is 1. The summed E-state index contributed by atoms with van der Waals surface area (Å²) >= 11 is 0. The van der Waals surface area contributed by atoms with Crippen LogP contribution in [0.2, 0.25) is 0 Å². The smallest absolute Gasteiger partial charge is 0.0862 e. The van der Waals surface area contributed by atoms with Crippen LogP contribution in [-0.4, -0.2) is 6.61 Å². The van der Waals surface area contributed by atoms with Crippen molar-refractivity contribution in [1.29, 1.82) is 0 Å². The van der Waals surface area contributed by atoms with Crippen LogP contribution in [0.3, 0.4) is 0 Å². The number of hydrogen-bond donors (Lipinski definition) is 0. The largest absolute Gasteiger partial charge is 0.373 e. The van der Waals surface area contributed by atoms with Crippen LogP contribution in [0.1, 0.15) is 25.0 Å². The van der Waals surface area contributed by atoms with Gasteiger partial charge >= 0.3 is 0 Å². The third kappa shape index (κ3) is 1.88. The van der Waals surface area contributed by atoms with Gasteiger partial charge in [0, 0.05) is 5.92 Å². The fraction of sp³-hybridized carbons (Fsp3) is 0.385. The Bertz CT molecular complexity index is 315. The zero-order valence-corrected chi connectivity index (χ0v) is 8.57.